The molecule has 5 nitrogen and oxygen atoms in total. The summed E-state index contributed by atoms with van der Waals surface area (Å²) in [5.41, 5.74) is -0.284. The monoisotopic (exact) mass is 351 g/mol. The summed E-state index contributed by atoms with van der Waals surface area (Å²) in [6.45, 7) is 5.18. The van der Waals surface area contributed by atoms with Gasteiger partial charge in [-0.15, -0.1) is 0 Å². The van der Waals surface area contributed by atoms with E-state index in [0.29, 0.717) is 11.1 Å². The lowest BCUT2D eigenvalue weighted by Gasteiger charge is -2.21. The van der Waals surface area contributed by atoms with Crippen molar-refractivity contribution >= 4 is 22.6 Å². The average molecular weight is 351 g/mol. The second-order valence-electron chi connectivity index (χ2n) is 6.46. The molecule has 0 saturated heterocycles. The number of nitrogens with one attached hydrogen (secondary N) is 1. The molecular formula is C16H19BFNO4S. The van der Waals surface area contributed by atoms with Gasteiger partial charge in [0.05, 0.1) is 4.90 Å². The first kappa shape index (κ1) is 18.6. The molecule has 0 atom stereocenters. The van der Waals surface area contributed by atoms with Crippen molar-refractivity contribution in [2.24, 2.45) is 0 Å². The summed E-state index contributed by atoms with van der Waals surface area (Å²) in [6.07, 6.45) is 0. The lowest BCUT2D eigenvalue weighted by atomic mass is 9.79. The van der Waals surface area contributed by atoms with Crippen LogP contribution in [0, 0.1) is 5.82 Å². The predicted molar refractivity (Wildman–Crippen MR) is 91.7 cm³/mol. The van der Waals surface area contributed by atoms with Crippen LogP contribution in [0.15, 0.2) is 47.4 Å². The maximum absolute atomic E-state index is 14.0. The molecule has 24 heavy (non-hydrogen) atoms. The third kappa shape index (κ3) is 4.21. The topological polar surface area (TPSA) is 86.6 Å². The molecule has 2 aromatic carbocycles. The van der Waals surface area contributed by atoms with Gasteiger partial charge in [-0.2, -0.15) is 0 Å². The molecule has 128 valence electrons. The van der Waals surface area contributed by atoms with E-state index in [-0.39, 0.29) is 10.4 Å². The molecule has 0 aliphatic rings. The van der Waals surface area contributed by atoms with Gasteiger partial charge in [0, 0.05) is 16.6 Å². The van der Waals surface area contributed by atoms with Crippen molar-refractivity contribution in [1.82, 2.24) is 4.72 Å². The molecule has 0 aliphatic carbocycles. The zero-order chi connectivity index (χ0) is 18.1. The summed E-state index contributed by atoms with van der Waals surface area (Å²) in [7, 11) is -5.74. The van der Waals surface area contributed by atoms with Gasteiger partial charge in [0.25, 0.3) is 0 Å². The van der Waals surface area contributed by atoms with Gasteiger partial charge < -0.3 is 10.0 Å². The van der Waals surface area contributed by atoms with Crippen LogP contribution >= 0.6 is 0 Å². The minimum Gasteiger partial charge on any atom is -0.423 e. The Morgan fingerprint density at radius 1 is 1.08 bits per heavy atom. The highest BCUT2D eigenvalue weighted by atomic mass is 32.2. The average Bonchev–Trinajstić information content (AvgIpc) is 2.44. The van der Waals surface area contributed by atoms with E-state index >= 15 is 0 Å². The van der Waals surface area contributed by atoms with Crippen LogP contribution in [0.5, 0.6) is 0 Å². The Morgan fingerprint density at radius 3 is 2.25 bits per heavy atom. The van der Waals surface area contributed by atoms with Crippen LogP contribution in [0.1, 0.15) is 20.8 Å². The molecule has 2 rings (SSSR count). The molecule has 0 spiro atoms. The quantitative estimate of drug-likeness (QED) is 0.724. The summed E-state index contributed by atoms with van der Waals surface area (Å²) in [4.78, 5) is 0.0246. The molecule has 2 aromatic rings. The van der Waals surface area contributed by atoms with Gasteiger partial charge in [0.2, 0.25) is 10.0 Å². The second kappa shape index (κ2) is 6.64. The van der Waals surface area contributed by atoms with Gasteiger partial charge in [0.1, 0.15) is 5.82 Å². The third-order valence-electron chi connectivity index (χ3n) is 3.21. The normalized spacial score (nSPS) is 12.2. The van der Waals surface area contributed by atoms with Gasteiger partial charge in [-0.3, -0.25) is 0 Å². The van der Waals surface area contributed by atoms with Crippen molar-refractivity contribution in [3.05, 3.63) is 48.3 Å². The molecule has 0 aromatic heterocycles. The van der Waals surface area contributed by atoms with Crippen molar-refractivity contribution in [1.29, 1.82) is 0 Å². The Bertz CT molecular complexity index is 847. The SMILES string of the molecule is CC(C)(C)NS(=O)(=O)c1ccccc1-c1ccc(B(O)O)c(F)c1. The standard InChI is InChI=1S/C16H19BFNO4S/c1-16(2,3)19-24(22,23)15-7-5-4-6-12(15)11-8-9-13(17(20)21)14(18)10-11/h4-10,19-21H,1-3H3. The molecule has 0 saturated carbocycles. The van der Waals surface area contributed by atoms with Gasteiger partial charge in [-0.25, -0.2) is 17.5 Å². The van der Waals surface area contributed by atoms with Crippen LogP contribution in [0.2, 0.25) is 0 Å². The second-order valence-corrected chi connectivity index (χ2v) is 8.11. The van der Waals surface area contributed by atoms with E-state index in [1.807, 2.05) is 0 Å². The molecule has 8 heteroatoms. The van der Waals surface area contributed by atoms with Crippen molar-refractivity contribution in [2.45, 2.75) is 31.2 Å². The first-order valence-corrected chi connectivity index (χ1v) is 8.78. The van der Waals surface area contributed by atoms with Gasteiger partial charge in [0.15, 0.2) is 0 Å². The predicted octanol–water partition coefficient (Wildman–Crippen LogP) is 1.25. The number of sulfonamides is 1. The van der Waals surface area contributed by atoms with E-state index < -0.39 is 28.5 Å². The summed E-state index contributed by atoms with van der Waals surface area (Å²) < 4.78 is 41.8. The number of rotatable bonds is 4. The Balaban J connectivity index is 2.56. The fourth-order valence-corrected chi connectivity index (χ4v) is 3.95. The molecule has 0 fully saturated rings. The Kier molecular flexibility index (Phi) is 5.15. The van der Waals surface area contributed by atoms with E-state index in [2.05, 4.69) is 4.72 Å². The maximum atomic E-state index is 14.0. The largest absolute Gasteiger partial charge is 0.491 e. The van der Waals surface area contributed by atoms with Gasteiger partial charge in [-0.05, 0) is 38.5 Å². The lowest BCUT2D eigenvalue weighted by Crippen LogP contribution is -2.40. The Morgan fingerprint density at radius 2 is 1.71 bits per heavy atom. The number of hydrogen-bond donors (Lipinski definition) is 3. The van der Waals surface area contributed by atoms with Crippen molar-refractivity contribution in [3.8, 4) is 11.1 Å². The summed E-state index contributed by atoms with van der Waals surface area (Å²) in [6, 6.07) is 10.00. The van der Waals surface area contributed by atoms with Crippen molar-refractivity contribution in [3.63, 3.8) is 0 Å². The zero-order valence-electron chi connectivity index (χ0n) is 13.6. The molecule has 0 unspecified atom stereocenters. The number of benzene rings is 2. The van der Waals surface area contributed by atoms with E-state index in [1.165, 1.54) is 18.2 Å². The molecular weight excluding hydrogens is 332 g/mol. The molecule has 0 amide bonds. The third-order valence-corrected chi connectivity index (χ3v) is 5.02. The molecule has 0 aliphatic heterocycles. The first-order valence-electron chi connectivity index (χ1n) is 7.30. The molecule has 0 bridgehead atoms. The van der Waals surface area contributed by atoms with E-state index in [0.717, 1.165) is 6.07 Å². The van der Waals surface area contributed by atoms with Gasteiger partial charge in [-0.1, -0.05) is 30.3 Å². The van der Waals surface area contributed by atoms with E-state index in [9.17, 15) is 12.8 Å². The smallest absolute Gasteiger partial charge is 0.423 e. The van der Waals surface area contributed by atoms with Crippen molar-refractivity contribution < 1.29 is 22.9 Å². The van der Waals surface area contributed by atoms with Gasteiger partial charge >= 0.3 is 7.12 Å². The van der Waals surface area contributed by atoms with Crippen LogP contribution in [-0.2, 0) is 10.0 Å². The fraction of sp³-hybridized carbons (Fsp3) is 0.250. The summed E-state index contributed by atoms with van der Waals surface area (Å²) >= 11 is 0. The number of halogens is 1. The van der Waals surface area contributed by atoms with Crippen LogP contribution in [0.25, 0.3) is 11.1 Å². The number of hydrogen-bond acceptors (Lipinski definition) is 4. The van der Waals surface area contributed by atoms with E-state index in [1.54, 1.807) is 39.0 Å². The fourth-order valence-electron chi connectivity index (χ4n) is 2.30. The first-order chi connectivity index (χ1) is 11.0. The summed E-state index contributed by atoms with van der Waals surface area (Å²) in [5, 5.41) is 18.2. The maximum Gasteiger partial charge on any atom is 0.491 e. The highest BCUT2D eigenvalue weighted by Crippen LogP contribution is 2.28. The van der Waals surface area contributed by atoms with Crippen LogP contribution in [0.3, 0.4) is 0 Å². The Labute approximate surface area is 141 Å². The van der Waals surface area contributed by atoms with E-state index in [4.69, 9.17) is 10.0 Å². The van der Waals surface area contributed by atoms with Crippen LogP contribution in [-0.4, -0.2) is 31.1 Å². The molecule has 3 N–H and O–H groups in total. The lowest BCUT2D eigenvalue weighted by molar-refractivity contribution is 0.423. The zero-order valence-corrected chi connectivity index (χ0v) is 14.4. The van der Waals surface area contributed by atoms with Crippen molar-refractivity contribution in [2.75, 3.05) is 0 Å². The van der Waals surface area contributed by atoms with Crippen LogP contribution < -0.4 is 10.2 Å². The highest BCUT2D eigenvalue weighted by Gasteiger charge is 2.25. The highest BCUT2D eigenvalue weighted by molar-refractivity contribution is 7.89. The minimum atomic E-state index is -3.81. The summed E-state index contributed by atoms with van der Waals surface area (Å²) in [5.74, 6) is -0.821. The molecule has 0 heterocycles. The minimum absolute atomic E-state index is 0.0246. The Hall–Kier alpha value is -1.74. The molecule has 0 radical (unpaired) electrons. The van der Waals surface area contributed by atoms with Crippen LogP contribution in [0.4, 0.5) is 4.39 Å².